The predicted molar refractivity (Wildman–Crippen MR) is 69.2 cm³/mol. The van der Waals surface area contributed by atoms with Gasteiger partial charge in [-0.15, -0.1) is 0 Å². The Bertz CT molecular complexity index is 471. The number of carboxylic acids is 1. The molecule has 1 rings (SSSR count). The number of ether oxygens (including phenoxy) is 1. The van der Waals surface area contributed by atoms with Crippen molar-refractivity contribution in [1.29, 1.82) is 0 Å². The van der Waals surface area contributed by atoms with Gasteiger partial charge < -0.3 is 15.2 Å². The molecular weight excluding hydrogens is 248 g/mol. The number of aromatic carboxylic acids is 1. The lowest BCUT2D eigenvalue weighted by Gasteiger charge is -2.24. The van der Waals surface area contributed by atoms with Crippen LogP contribution in [-0.2, 0) is 4.74 Å². The van der Waals surface area contributed by atoms with Crippen LogP contribution in [-0.4, -0.2) is 40.7 Å². The van der Waals surface area contributed by atoms with Crippen molar-refractivity contribution >= 4 is 11.9 Å². The monoisotopic (exact) mass is 266 g/mol. The van der Waals surface area contributed by atoms with E-state index in [1.54, 1.807) is 0 Å². The van der Waals surface area contributed by atoms with Crippen molar-refractivity contribution in [3.05, 3.63) is 29.6 Å². The van der Waals surface area contributed by atoms with Crippen LogP contribution in [0.15, 0.2) is 18.3 Å². The maximum atomic E-state index is 11.9. The van der Waals surface area contributed by atoms with Gasteiger partial charge in [-0.3, -0.25) is 4.79 Å². The van der Waals surface area contributed by atoms with Crippen LogP contribution < -0.4 is 5.32 Å². The number of rotatable bonds is 6. The Labute approximate surface area is 111 Å². The van der Waals surface area contributed by atoms with E-state index in [9.17, 15) is 9.59 Å². The van der Waals surface area contributed by atoms with E-state index in [2.05, 4.69) is 10.3 Å². The first kappa shape index (κ1) is 15.1. The number of nitrogens with one attached hydrogen (secondary N) is 1. The average Bonchev–Trinajstić information content (AvgIpc) is 2.36. The number of amides is 1. The molecule has 2 N–H and O–H groups in total. The van der Waals surface area contributed by atoms with E-state index in [0.717, 1.165) is 0 Å². The molecule has 1 amide bonds. The highest BCUT2D eigenvalue weighted by Crippen LogP contribution is 2.08. The van der Waals surface area contributed by atoms with Crippen LogP contribution in [0.25, 0.3) is 0 Å². The van der Waals surface area contributed by atoms with E-state index in [0.29, 0.717) is 13.2 Å². The standard InChI is InChI=1S/C13H18N2O4/c1-4-19-13(2,3)8-15-11(16)9-5-6-14-10(7-9)12(17)18/h5-7H,4,8H2,1-3H3,(H,15,16)(H,17,18). The fourth-order valence-corrected chi connectivity index (χ4v) is 1.53. The van der Waals surface area contributed by atoms with E-state index in [1.165, 1.54) is 18.3 Å². The minimum absolute atomic E-state index is 0.156. The van der Waals surface area contributed by atoms with Crippen molar-refractivity contribution in [2.45, 2.75) is 26.4 Å². The van der Waals surface area contributed by atoms with Crippen molar-refractivity contribution < 1.29 is 19.4 Å². The summed E-state index contributed by atoms with van der Waals surface area (Å²) in [6, 6.07) is 2.71. The third-order valence-corrected chi connectivity index (χ3v) is 2.45. The lowest BCUT2D eigenvalue weighted by atomic mass is 10.1. The summed E-state index contributed by atoms with van der Waals surface area (Å²) in [7, 11) is 0. The number of carbonyl (C=O) groups is 2. The Morgan fingerprint density at radius 2 is 2.16 bits per heavy atom. The van der Waals surface area contributed by atoms with E-state index in [-0.39, 0.29) is 17.2 Å². The average molecular weight is 266 g/mol. The highest BCUT2D eigenvalue weighted by Gasteiger charge is 2.19. The van der Waals surface area contributed by atoms with Gasteiger partial charge in [-0.05, 0) is 32.9 Å². The summed E-state index contributed by atoms with van der Waals surface area (Å²) in [5.41, 5.74) is -0.357. The molecule has 1 aromatic heterocycles. The molecule has 0 saturated carbocycles. The molecule has 0 fully saturated rings. The Morgan fingerprint density at radius 1 is 1.47 bits per heavy atom. The molecule has 6 nitrogen and oxygen atoms in total. The van der Waals surface area contributed by atoms with E-state index < -0.39 is 11.6 Å². The van der Waals surface area contributed by atoms with Crippen LogP contribution in [0.4, 0.5) is 0 Å². The number of hydrogen-bond donors (Lipinski definition) is 2. The van der Waals surface area contributed by atoms with Crippen molar-refractivity contribution in [1.82, 2.24) is 10.3 Å². The minimum Gasteiger partial charge on any atom is -0.477 e. The second kappa shape index (κ2) is 6.29. The third-order valence-electron chi connectivity index (χ3n) is 2.45. The van der Waals surface area contributed by atoms with Gasteiger partial charge in [-0.1, -0.05) is 0 Å². The first-order valence-electron chi connectivity index (χ1n) is 5.97. The van der Waals surface area contributed by atoms with Crippen LogP contribution in [0, 0.1) is 0 Å². The quantitative estimate of drug-likeness (QED) is 0.810. The highest BCUT2D eigenvalue weighted by molar-refractivity contribution is 5.96. The largest absolute Gasteiger partial charge is 0.477 e. The minimum atomic E-state index is -1.16. The molecule has 1 heterocycles. The second-order valence-electron chi connectivity index (χ2n) is 4.61. The van der Waals surface area contributed by atoms with E-state index in [1.807, 2.05) is 20.8 Å². The molecule has 0 bridgehead atoms. The summed E-state index contributed by atoms with van der Waals surface area (Å²) in [6.45, 7) is 6.51. The van der Waals surface area contributed by atoms with Gasteiger partial charge in [-0.25, -0.2) is 9.78 Å². The van der Waals surface area contributed by atoms with Crippen molar-refractivity contribution in [3.63, 3.8) is 0 Å². The topological polar surface area (TPSA) is 88.5 Å². The molecule has 0 aliphatic heterocycles. The number of hydrogen-bond acceptors (Lipinski definition) is 4. The molecule has 0 spiro atoms. The van der Waals surface area contributed by atoms with Crippen LogP contribution in [0.2, 0.25) is 0 Å². The zero-order valence-corrected chi connectivity index (χ0v) is 11.3. The third kappa shape index (κ3) is 4.67. The summed E-state index contributed by atoms with van der Waals surface area (Å²) < 4.78 is 5.46. The second-order valence-corrected chi connectivity index (χ2v) is 4.61. The van der Waals surface area contributed by atoms with Gasteiger partial charge in [-0.2, -0.15) is 0 Å². The molecule has 1 aromatic rings. The van der Waals surface area contributed by atoms with Crippen LogP contribution in [0.3, 0.4) is 0 Å². The molecule has 0 atom stereocenters. The molecule has 0 aliphatic rings. The summed E-state index contributed by atoms with van der Waals surface area (Å²) in [6.07, 6.45) is 1.30. The van der Waals surface area contributed by atoms with Crippen molar-refractivity contribution in [3.8, 4) is 0 Å². The van der Waals surface area contributed by atoms with E-state index >= 15 is 0 Å². The Hall–Kier alpha value is -1.95. The van der Waals surface area contributed by atoms with Crippen LogP contribution >= 0.6 is 0 Å². The maximum Gasteiger partial charge on any atom is 0.354 e. The normalized spacial score (nSPS) is 11.1. The van der Waals surface area contributed by atoms with Crippen molar-refractivity contribution in [2.75, 3.05) is 13.2 Å². The fraction of sp³-hybridized carbons (Fsp3) is 0.462. The first-order chi connectivity index (χ1) is 8.85. The van der Waals surface area contributed by atoms with Crippen molar-refractivity contribution in [2.24, 2.45) is 0 Å². The van der Waals surface area contributed by atoms with Gasteiger partial charge in [0.2, 0.25) is 0 Å². The smallest absolute Gasteiger partial charge is 0.354 e. The molecule has 104 valence electrons. The van der Waals surface area contributed by atoms with Gasteiger partial charge in [0, 0.05) is 24.9 Å². The summed E-state index contributed by atoms with van der Waals surface area (Å²) in [5.74, 6) is -1.51. The SMILES string of the molecule is CCOC(C)(C)CNC(=O)c1ccnc(C(=O)O)c1. The zero-order chi connectivity index (χ0) is 14.5. The molecule has 19 heavy (non-hydrogen) atoms. The van der Waals surface area contributed by atoms with Gasteiger partial charge in [0.15, 0.2) is 0 Å². The Morgan fingerprint density at radius 3 is 2.74 bits per heavy atom. The molecule has 0 radical (unpaired) electrons. The lowest BCUT2D eigenvalue weighted by molar-refractivity contribution is -0.00816. The highest BCUT2D eigenvalue weighted by atomic mass is 16.5. The summed E-state index contributed by atoms with van der Waals surface area (Å²) in [5, 5.41) is 11.5. The number of carbonyl (C=O) groups excluding carboxylic acids is 1. The Kier molecular flexibility index (Phi) is 5.00. The summed E-state index contributed by atoms with van der Waals surface area (Å²) >= 11 is 0. The van der Waals surface area contributed by atoms with Gasteiger partial charge in [0.05, 0.1) is 5.60 Å². The molecule has 6 heteroatoms. The maximum absolute atomic E-state index is 11.9. The molecule has 0 aliphatic carbocycles. The molecular formula is C13H18N2O4. The van der Waals surface area contributed by atoms with Crippen LogP contribution in [0.1, 0.15) is 41.6 Å². The summed E-state index contributed by atoms with van der Waals surface area (Å²) in [4.78, 5) is 26.3. The van der Waals surface area contributed by atoms with Crippen LogP contribution in [0.5, 0.6) is 0 Å². The first-order valence-corrected chi connectivity index (χ1v) is 5.97. The number of pyridine rings is 1. The zero-order valence-electron chi connectivity index (χ0n) is 11.3. The molecule has 0 aromatic carbocycles. The number of carboxylic acid groups (broad SMARTS) is 1. The van der Waals surface area contributed by atoms with E-state index in [4.69, 9.17) is 9.84 Å². The van der Waals surface area contributed by atoms with Gasteiger partial charge in [0.1, 0.15) is 5.69 Å². The number of nitrogens with zero attached hydrogens (tertiary/aromatic N) is 1. The van der Waals surface area contributed by atoms with Gasteiger partial charge in [0.25, 0.3) is 5.91 Å². The predicted octanol–water partition coefficient (Wildman–Crippen LogP) is 1.32. The fourth-order valence-electron chi connectivity index (χ4n) is 1.53. The Balaban J connectivity index is 2.68. The lowest BCUT2D eigenvalue weighted by Crippen LogP contribution is -2.40. The molecule has 0 saturated heterocycles. The molecule has 0 unspecified atom stereocenters. The van der Waals surface area contributed by atoms with Gasteiger partial charge >= 0.3 is 5.97 Å². The number of aromatic nitrogens is 1.